The van der Waals surface area contributed by atoms with E-state index in [1.54, 1.807) is 0 Å². The van der Waals surface area contributed by atoms with E-state index in [-0.39, 0.29) is 0 Å². The normalized spacial score (nSPS) is 10.2. The molecule has 2 aromatic rings. The number of hydrogen-bond acceptors (Lipinski definition) is 3. The molecule has 0 bridgehead atoms. The number of hydrogen-bond donors (Lipinski definition) is 2. The first-order valence-corrected chi connectivity index (χ1v) is 6.31. The number of rotatable bonds is 4. The largest absolute Gasteiger partial charge is 0.370 e. The second-order valence-corrected chi connectivity index (χ2v) is 4.38. The summed E-state index contributed by atoms with van der Waals surface area (Å²) in [5.74, 6) is 1.67. The van der Waals surface area contributed by atoms with E-state index in [0.717, 1.165) is 34.5 Å². The first-order chi connectivity index (χ1) is 8.70. The van der Waals surface area contributed by atoms with Gasteiger partial charge in [-0.2, -0.15) is 0 Å². The molecule has 0 saturated heterocycles. The van der Waals surface area contributed by atoms with Crippen molar-refractivity contribution in [1.82, 2.24) is 4.98 Å². The second-order valence-electron chi connectivity index (χ2n) is 3.98. The highest BCUT2D eigenvalue weighted by Crippen LogP contribution is 2.25. The summed E-state index contributed by atoms with van der Waals surface area (Å²) in [5.41, 5.74) is 2.00. The Balaban J connectivity index is 2.23. The molecule has 94 valence electrons. The first kappa shape index (κ1) is 12.7. The Kier molecular flexibility index (Phi) is 4.05. The van der Waals surface area contributed by atoms with E-state index in [9.17, 15) is 0 Å². The molecule has 0 saturated carbocycles. The van der Waals surface area contributed by atoms with Crippen molar-refractivity contribution in [3.8, 4) is 0 Å². The summed E-state index contributed by atoms with van der Waals surface area (Å²) >= 11 is 6.09. The van der Waals surface area contributed by atoms with Crippen LogP contribution in [0, 0.1) is 6.92 Å². The number of benzene rings is 1. The molecule has 0 unspecified atom stereocenters. The molecule has 1 aromatic carbocycles. The molecule has 0 radical (unpaired) electrons. The molecule has 3 nitrogen and oxygen atoms in total. The van der Waals surface area contributed by atoms with Gasteiger partial charge in [-0.25, -0.2) is 4.98 Å². The lowest BCUT2D eigenvalue weighted by atomic mass is 10.2. The zero-order valence-corrected chi connectivity index (χ0v) is 11.3. The first-order valence-electron chi connectivity index (χ1n) is 5.93. The van der Waals surface area contributed by atoms with E-state index < -0.39 is 0 Å². The van der Waals surface area contributed by atoms with E-state index in [0.29, 0.717) is 0 Å². The lowest BCUT2D eigenvalue weighted by molar-refractivity contribution is 1.16. The molecule has 18 heavy (non-hydrogen) atoms. The van der Waals surface area contributed by atoms with Gasteiger partial charge in [-0.1, -0.05) is 23.7 Å². The molecule has 2 N–H and O–H groups in total. The molecular formula is C14H16ClN3. The van der Waals surface area contributed by atoms with Gasteiger partial charge in [0, 0.05) is 17.3 Å². The predicted octanol–water partition coefficient (Wildman–Crippen LogP) is 4.22. The molecule has 0 atom stereocenters. The van der Waals surface area contributed by atoms with Crippen LogP contribution in [0.25, 0.3) is 0 Å². The third-order valence-corrected chi connectivity index (χ3v) is 3.05. The van der Waals surface area contributed by atoms with E-state index in [1.807, 2.05) is 50.2 Å². The maximum atomic E-state index is 6.09. The van der Waals surface area contributed by atoms with Crippen molar-refractivity contribution in [3.63, 3.8) is 0 Å². The fourth-order valence-electron chi connectivity index (χ4n) is 1.66. The Hall–Kier alpha value is -1.74. The molecular weight excluding hydrogens is 246 g/mol. The lowest BCUT2D eigenvalue weighted by Gasteiger charge is -2.11. The minimum atomic E-state index is 0.753. The Labute approximate surface area is 112 Å². The third kappa shape index (κ3) is 2.93. The van der Waals surface area contributed by atoms with E-state index in [1.165, 1.54) is 0 Å². The Morgan fingerprint density at radius 2 is 1.83 bits per heavy atom. The summed E-state index contributed by atoms with van der Waals surface area (Å²) < 4.78 is 0. The monoisotopic (exact) mass is 261 g/mol. The van der Waals surface area contributed by atoms with Crippen LogP contribution >= 0.6 is 11.6 Å². The van der Waals surface area contributed by atoms with Crippen molar-refractivity contribution >= 4 is 28.9 Å². The van der Waals surface area contributed by atoms with Gasteiger partial charge in [0.15, 0.2) is 0 Å². The SMILES string of the molecule is CCNc1cccc(Nc2cccc(Cl)c2C)n1. The molecule has 0 spiro atoms. The summed E-state index contributed by atoms with van der Waals surface area (Å²) in [6.45, 7) is 4.88. The summed E-state index contributed by atoms with van der Waals surface area (Å²) in [6, 6.07) is 11.6. The van der Waals surface area contributed by atoms with Gasteiger partial charge in [-0.3, -0.25) is 0 Å². The van der Waals surface area contributed by atoms with Crippen LogP contribution in [0.3, 0.4) is 0 Å². The van der Waals surface area contributed by atoms with Crippen LogP contribution in [0.15, 0.2) is 36.4 Å². The van der Waals surface area contributed by atoms with E-state index >= 15 is 0 Å². The maximum absolute atomic E-state index is 6.09. The lowest BCUT2D eigenvalue weighted by Crippen LogP contribution is -2.01. The predicted molar refractivity (Wildman–Crippen MR) is 77.9 cm³/mol. The molecule has 0 fully saturated rings. The molecule has 1 heterocycles. The van der Waals surface area contributed by atoms with Crippen LogP contribution in [-0.2, 0) is 0 Å². The third-order valence-electron chi connectivity index (χ3n) is 2.64. The fraction of sp³-hybridized carbons (Fsp3) is 0.214. The van der Waals surface area contributed by atoms with Crippen molar-refractivity contribution in [2.24, 2.45) is 0 Å². The molecule has 0 aliphatic heterocycles. The minimum absolute atomic E-state index is 0.753. The van der Waals surface area contributed by atoms with Crippen molar-refractivity contribution in [1.29, 1.82) is 0 Å². The standard InChI is InChI=1S/C14H16ClN3/c1-3-16-13-8-5-9-14(18-13)17-12-7-4-6-11(15)10(12)2/h4-9H,3H2,1-2H3,(H2,16,17,18). The minimum Gasteiger partial charge on any atom is -0.370 e. The van der Waals surface area contributed by atoms with E-state index in [2.05, 4.69) is 15.6 Å². The van der Waals surface area contributed by atoms with Crippen molar-refractivity contribution < 1.29 is 0 Å². The highest BCUT2D eigenvalue weighted by Gasteiger charge is 2.03. The molecule has 1 aromatic heterocycles. The zero-order valence-electron chi connectivity index (χ0n) is 10.5. The van der Waals surface area contributed by atoms with Crippen LogP contribution in [-0.4, -0.2) is 11.5 Å². The fourth-order valence-corrected chi connectivity index (χ4v) is 1.84. The molecule has 2 rings (SSSR count). The number of aromatic nitrogens is 1. The van der Waals surface area contributed by atoms with Crippen LogP contribution in [0.1, 0.15) is 12.5 Å². The van der Waals surface area contributed by atoms with Gasteiger partial charge in [0.25, 0.3) is 0 Å². The number of nitrogens with one attached hydrogen (secondary N) is 2. The van der Waals surface area contributed by atoms with Gasteiger partial charge in [0.2, 0.25) is 0 Å². The van der Waals surface area contributed by atoms with Gasteiger partial charge in [0.05, 0.1) is 0 Å². The van der Waals surface area contributed by atoms with Crippen molar-refractivity contribution in [2.75, 3.05) is 17.2 Å². The van der Waals surface area contributed by atoms with Gasteiger partial charge in [-0.05, 0) is 43.7 Å². The average Bonchev–Trinajstić information content (AvgIpc) is 2.36. The zero-order chi connectivity index (χ0) is 13.0. The van der Waals surface area contributed by atoms with E-state index in [4.69, 9.17) is 11.6 Å². The van der Waals surface area contributed by atoms with Gasteiger partial charge in [-0.15, -0.1) is 0 Å². The number of halogens is 1. The van der Waals surface area contributed by atoms with Crippen LogP contribution < -0.4 is 10.6 Å². The highest BCUT2D eigenvalue weighted by atomic mass is 35.5. The summed E-state index contributed by atoms with van der Waals surface area (Å²) in [4.78, 5) is 4.46. The van der Waals surface area contributed by atoms with Gasteiger partial charge < -0.3 is 10.6 Å². The molecule has 4 heteroatoms. The number of pyridine rings is 1. The van der Waals surface area contributed by atoms with Crippen LogP contribution in [0.5, 0.6) is 0 Å². The van der Waals surface area contributed by atoms with Gasteiger partial charge >= 0.3 is 0 Å². The smallest absolute Gasteiger partial charge is 0.132 e. The van der Waals surface area contributed by atoms with Crippen molar-refractivity contribution in [2.45, 2.75) is 13.8 Å². The summed E-state index contributed by atoms with van der Waals surface area (Å²) in [6.07, 6.45) is 0. The Bertz CT molecular complexity index is 540. The van der Waals surface area contributed by atoms with Crippen molar-refractivity contribution in [3.05, 3.63) is 47.0 Å². The topological polar surface area (TPSA) is 37.0 Å². The highest BCUT2D eigenvalue weighted by molar-refractivity contribution is 6.31. The maximum Gasteiger partial charge on any atom is 0.132 e. The number of nitrogens with zero attached hydrogens (tertiary/aromatic N) is 1. The van der Waals surface area contributed by atoms with Crippen LogP contribution in [0.2, 0.25) is 5.02 Å². The number of anilines is 3. The summed E-state index contributed by atoms with van der Waals surface area (Å²) in [5, 5.41) is 7.21. The quantitative estimate of drug-likeness (QED) is 0.865. The van der Waals surface area contributed by atoms with Gasteiger partial charge in [0.1, 0.15) is 11.6 Å². The van der Waals surface area contributed by atoms with Crippen LogP contribution in [0.4, 0.5) is 17.3 Å². The second kappa shape index (κ2) is 5.74. The molecule has 0 aliphatic carbocycles. The Morgan fingerprint density at radius 1 is 1.11 bits per heavy atom. The molecule has 0 aliphatic rings. The Morgan fingerprint density at radius 3 is 2.61 bits per heavy atom. The summed E-state index contributed by atoms with van der Waals surface area (Å²) in [7, 11) is 0. The average molecular weight is 262 g/mol. The molecule has 0 amide bonds.